The molecule has 9 nitrogen and oxygen atoms in total. The van der Waals surface area contributed by atoms with Crippen molar-refractivity contribution >= 4 is 23.8 Å². The highest BCUT2D eigenvalue weighted by atomic mass is 16.6. The predicted octanol–water partition coefficient (Wildman–Crippen LogP) is 2.88. The highest BCUT2D eigenvalue weighted by molar-refractivity contribution is 5.93. The number of aromatic carboxylic acids is 1. The van der Waals surface area contributed by atoms with Crippen molar-refractivity contribution in [2.24, 2.45) is 0 Å². The second kappa shape index (κ2) is 7.98. The molecule has 0 unspecified atom stereocenters. The molecule has 3 aromatic rings. The molecule has 1 aromatic heterocycles. The smallest absolute Gasteiger partial charge is 0.357 e. The number of carboxylic acids is 1. The summed E-state index contributed by atoms with van der Waals surface area (Å²) >= 11 is 0. The van der Waals surface area contributed by atoms with Gasteiger partial charge in [-0.1, -0.05) is 36.4 Å². The van der Waals surface area contributed by atoms with Crippen LogP contribution in [-0.4, -0.2) is 25.8 Å². The maximum atomic E-state index is 12.7. The Morgan fingerprint density at radius 3 is 2.41 bits per heavy atom. The molecule has 2 aromatic carbocycles. The van der Waals surface area contributed by atoms with Crippen molar-refractivity contribution < 1.29 is 14.8 Å². The Balaban J connectivity index is 2.24. The van der Waals surface area contributed by atoms with Crippen LogP contribution in [0.1, 0.15) is 27.2 Å². The molecule has 1 N–H and O–H groups in total. The van der Waals surface area contributed by atoms with Crippen molar-refractivity contribution in [2.45, 2.75) is 0 Å². The number of hydrogen-bond acceptors (Lipinski definition) is 6. The van der Waals surface area contributed by atoms with Crippen LogP contribution in [-0.2, 0) is 0 Å². The highest BCUT2D eigenvalue weighted by Crippen LogP contribution is 2.22. The van der Waals surface area contributed by atoms with Gasteiger partial charge in [-0.3, -0.25) is 14.9 Å². The fourth-order valence-electron chi connectivity index (χ4n) is 2.68. The number of carboxylic acid groups (broad SMARTS) is 1. The average Bonchev–Trinajstić information content (AvgIpc) is 2.72. The molecule has 0 amide bonds. The van der Waals surface area contributed by atoms with E-state index in [2.05, 4.69) is 5.10 Å². The summed E-state index contributed by atoms with van der Waals surface area (Å²) in [6.45, 7) is 0. The van der Waals surface area contributed by atoms with Crippen molar-refractivity contribution in [1.82, 2.24) is 9.78 Å². The lowest BCUT2D eigenvalue weighted by atomic mass is 10.1. The number of aromatic nitrogens is 2. The average molecular weight is 388 g/mol. The van der Waals surface area contributed by atoms with E-state index in [0.29, 0.717) is 5.69 Å². The lowest BCUT2D eigenvalue weighted by Gasteiger charge is -2.09. The van der Waals surface area contributed by atoms with Crippen molar-refractivity contribution in [3.05, 3.63) is 97.4 Å². The summed E-state index contributed by atoms with van der Waals surface area (Å²) in [5.41, 5.74) is -1.71. The van der Waals surface area contributed by atoms with Crippen LogP contribution in [0.2, 0.25) is 0 Å². The summed E-state index contributed by atoms with van der Waals surface area (Å²) in [6.07, 6.45) is 2.45. The van der Waals surface area contributed by atoms with Crippen LogP contribution < -0.4 is 5.56 Å². The number of benzene rings is 2. The third kappa shape index (κ3) is 3.77. The van der Waals surface area contributed by atoms with Gasteiger partial charge in [0, 0.05) is 11.6 Å². The topological polar surface area (TPSA) is 139 Å². The zero-order valence-corrected chi connectivity index (χ0v) is 14.7. The maximum absolute atomic E-state index is 12.7. The van der Waals surface area contributed by atoms with E-state index in [-0.39, 0.29) is 16.8 Å². The molecule has 0 fully saturated rings. The van der Waals surface area contributed by atoms with Gasteiger partial charge in [0.05, 0.1) is 16.2 Å². The third-order valence-electron chi connectivity index (χ3n) is 4.01. The molecule has 0 radical (unpaired) electrons. The van der Waals surface area contributed by atoms with Gasteiger partial charge in [-0.25, -0.2) is 4.79 Å². The summed E-state index contributed by atoms with van der Waals surface area (Å²) in [5, 5.41) is 34.1. The first kappa shape index (κ1) is 19.2. The summed E-state index contributed by atoms with van der Waals surface area (Å²) in [7, 11) is 0. The number of para-hydroxylation sites is 2. The molecule has 3 rings (SSSR count). The summed E-state index contributed by atoms with van der Waals surface area (Å²) < 4.78 is 0.838. The Bertz CT molecular complexity index is 1240. The lowest BCUT2D eigenvalue weighted by Crippen LogP contribution is -2.28. The fraction of sp³-hybridized carbons (Fsp3) is 0. The molecule has 0 aliphatic rings. The van der Waals surface area contributed by atoms with Gasteiger partial charge in [0.25, 0.3) is 11.2 Å². The number of nitro benzene ring substituents is 1. The van der Waals surface area contributed by atoms with Crippen molar-refractivity contribution in [3.63, 3.8) is 0 Å². The first-order valence-electron chi connectivity index (χ1n) is 8.21. The molecule has 142 valence electrons. The molecule has 1 heterocycles. The molecule has 29 heavy (non-hydrogen) atoms. The number of nitrogens with zero attached hydrogens (tertiary/aromatic N) is 4. The first-order chi connectivity index (χ1) is 13.9. The van der Waals surface area contributed by atoms with E-state index in [1.807, 2.05) is 0 Å². The number of hydrogen-bond donors (Lipinski definition) is 1. The highest BCUT2D eigenvalue weighted by Gasteiger charge is 2.21. The minimum Gasteiger partial charge on any atom is -0.476 e. The Labute approximate surface area is 163 Å². The monoisotopic (exact) mass is 388 g/mol. The lowest BCUT2D eigenvalue weighted by molar-refractivity contribution is -0.385. The summed E-state index contributed by atoms with van der Waals surface area (Å²) in [6, 6.07) is 15.6. The van der Waals surface area contributed by atoms with Gasteiger partial charge in [-0.15, -0.1) is 0 Å². The Kier molecular flexibility index (Phi) is 5.28. The molecule has 0 aliphatic heterocycles. The summed E-state index contributed by atoms with van der Waals surface area (Å²) in [4.78, 5) is 35.0. The molecular weight excluding hydrogens is 376 g/mol. The number of rotatable bonds is 5. The number of carbonyl (C=O) groups is 1. The largest absolute Gasteiger partial charge is 0.476 e. The van der Waals surface area contributed by atoms with E-state index < -0.39 is 27.7 Å². The maximum Gasteiger partial charge on any atom is 0.357 e. The van der Waals surface area contributed by atoms with Gasteiger partial charge in [0.1, 0.15) is 11.6 Å². The van der Waals surface area contributed by atoms with Gasteiger partial charge in [-0.05, 0) is 24.3 Å². The van der Waals surface area contributed by atoms with Crippen LogP contribution in [0.5, 0.6) is 0 Å². The summed E-state index contributed by atoms with van der Waals surface area (Å²) in [5.74, 6) is -1.45. The minimum atomic E-state index is -1.45. The molecule has 0 aliphatic carbocycles. The van der Waals surface area contributed by atoms with Crippen LogP contribution in [0.3, 0.4) is 0 Å². The second-order valence-electron chi connectivity index (χ2n) is 5.76. The molecular formula is C20H12N4O5. The van der Waals surface area contributed by atoms with Gasteiger partial charge >= 0.3 is 5.97 Å². The Morgan fingerprint density at radius 2 is 1.79 bits per heavy atom. The molecule has 0 saturated carbocycles. The predicted molar refractivity (Wildman–Crippen MR) is 104 cm³/mol. The van der Waals surface area contributed by atoms with E-state index in [1.54, 1.807) is 42.5 Å². The zero-order chi connectivity index (χ0) is 21.0. The van der Waals surface area contributed by atoms with E-state index in [4.69, 9.17) is 0 Å². The second-order valence-corrected chi connectivity index (χ2v) is 5.76. The zero-order valence-electron chi connectivity index (χ0n) is 14.7. The van der Waals surface area contributed by atoms with E-state index in [0.717, 1.165) is 4.68 Å². The van der Waals surface area contributed by atoms with Crippen LogP contribution in [0.15, 0.2) is 59.4 Å². The first-order valence-corrected chi connectivity index (χ1v) is 8.21. The van der Waals surface area contributed by atoms with Gasteiger partial charge < -0.3 is 5.11 Å². The minimum absolute atomic E-state index is 0.185. The quantitative estimate of drug-likeness (QED) is 0.523. The molecule has 0 saturated heterocycles. The fourth-order valence-corrected chi connectivity index (χ4v) is 2.68. The van der Waals surface area contributed by atoms with Crippen molar-refractivity contribution in [3.8, 4) is 11.8 Å². The number of nitriles is 1. The van der Waals surface area contributed by atoms with Crippen LogP contribution in [0.25, 0.3) is 17.8 Å². The normalized spacial score (nSPS) is 10.6. The molecule has 0 bridgehead atoms. The standard InChI is InChI=1S/C20H12N4O5/c21-12-16-15(11-10-13-6-4-5-9-17(13)24(28)29)18(20(26)27)22-23(19(16)25)14-7-2-1-3-8-14/h1-11H,(H,26,27)/b11-10+. The van der Waals surface area contributed by atoms with Crippen LogP contribution >= 0.6 is 0 Å². The van der Waals surface area contributed by atoms with Gasteiger partial charge in [-0.2, -0.15) is 15.0 Å². The third-order valence-corrected chi connectivity index (χ3v) is 4.01. The van der Waals surface area contributed by atoms with E-state index in [9.17, 15) is 30.1 Å². The van der Waals surface area contributed by atoms with Crippen LogP contribution in [0.4, 0.5) is 5.69 Å². The van der Waals surface area contributed by atoms with Gasteiger partial charge in [0.15, 0.2) is 5.69 Å². The molecule has 0 atom stereocenters. The van der Waals surface area contributed by atoms with Crippen molar-refractivity contribution in [1.29, 1.82) is 5.26 Å². The Hall–Kier alpha value is -4.58. The van der Waals surface area contributed by atoms with Gasteiger partial charge in [0.2, 0.25) is 0 Å². The molecule has 0 spiro atoms. The Morgan fingerprint density at radius 1 is 1.14 bits per heavy atom. The van der Waals surface area contributed by atoms with Crippen molar-refractivity contribution in [2.75, 3.05) is 0 Å². The molecule has 9 heteroatoms. The van der Waals surface area contributed by atoms with E-state index in [1.165, 1.54) is 30.4 Å². The SMILES string of the molecule is N#Cc1c(/C=C/c2ccccc2[N+](=O)[O-])c(C(=O)O)nn(-c2ccccc2)c1=O. The van der Waals surface area contributed by atoms with E-state index >= 15 is 0 Å². The van der Waals surface area contributed by atoms with Crippen LogP contribution in [0, 0.1) is 21.4 Å². The number of nitro groups is 1.